The van der Waals surface area contributed by atoms with Crippen molar-refractivity contribution < 1.29 is 13.2 Å². The summed E-state index contributed by atoms with van der Waals surface area (Å²) in [6, 6.07) is 5.01. The van der Waals surface area contributed by atoms with E-state index in [1.165, 1.54) is 4.31 Å². The van der Waals surface area contributed by atoms with Gasteiger partial charge in [-0.15, -0.1) is 0 Å². The molecule has 0 spiro atoms. The van der Waals surface area contributed by atoms with Crippen molar-refractivity contribution in [1.82, 2.24) is 9.62 Å². The average Bonchev–Trinajstić information content (AvgIpc) is 2.49. The van der Waals surface area contributed by atoms with Crippen LogP contribution in [0.3, 0.4) is 0 Å². The Kier molecular flexibility index (Phi) is 7.14. The average molecular weight is 314 g/mol. The second-order valence-electron chi connectivity index (χ2n) is 4.93. The fraction of sp³-hybridized carbons (Fsp3) is 0.600. The van der Waals surface area contributed by atoms with Gasteiger partial charge in [0.05, 0.1) is 12.0 Å². The van der Waals surface area contributed by atoms with Crippen molar-refractivity contribution in [1.29, 1.82) is 0 Å². The molecule has 1 N–H and O–H groups in total. The molecule has 0 aliphatic carbocycles. The van der Waals surface area contributed by atoms with Crippen LogP contribution >= 0.6 is 0 Å². The van der Waals surface area contributed by atoms with Crippen LogP contribution in [0.5, 0.6) is 5.75 Å². The first kappa shape index (κ1) is 17.9. The topological polar surface area (TPSA) is 58.6 Å². The van der Waals surface area contributed by atoms with Gasteiger partial charge in [0.2, 0.25) is 10.0 Å². The summed E-state index contributed by atoms with van der Waals surface area (Å²) in [6.45, 7) is 5.99. The quantitative estimate of drug-likeness (QED) is 0.759. The number of hydrogen-bond donors (Lipinski definition) is 1. The fourth-order valence-electron chi connectivity index (χ4n) is 1.99. The van der Waals surface area contributed by atoms with E-state index >= 15 is 0 Å². The van der Waals surface area contributed by atoms with E-state index in [1.54, 1.807) is 32.4 Å². The number of methoxy groups -OCH3 is 1. The van der Waals surface area contributed by atoms with Gasteiger partial charge in [0, 0.05) is 25.7 Å². The molecule has 0 heterocycles. The fourth-order valence-corrected chi connectivity index (χ4v) is 3.25. The van der Waals surface area contributed by atoms with Crippen LogP contribution in [-0.2, 0) is 16.6 Å². The van der Waals surface area contributed by atoms with Crippen molar-refractivity contribution in [2.75, 3.05) is 27.2 Å². The van der Waals surface area contributed by atoms with Gasteiger partial charge in [-0.05, 0) is 31.2 Å². The molecule has 1 aromatic rings. The Morgan fingerprint density at radius 1 is 1.29 bits per heavy atom. The van der Waals surface area contributed by atoms with Crippen LogP contribution < -0.4 is 10.1 Å². The maximum atomic E-state index is 12.5. The van der Waals surface area contributed by atoms with Crippen molar-refractivity contribution in [3.05, 3.63) is 23.8 Å². The zero-order valence-corrected chi connectivity index (χ0v) is 14.2. The van der Waals surface area contributed by atoms with Gasteiger partial charge in [-0.3, -0.25) is 0 Å². The predicted molar refractivity (Wildman–Crippen MR) is 85.1 cm³/mol. The number of rotatable bonds is 9. The zero-order chi connectivity index (χ0) is 15.9. The number of sulfonamides is 1. The molecule has 0 aromatic heterocycles. The van der Waals surface area contributed by atoms with E-state index in [9.17, 15) is 8.42 Å². The van der Waals surface area contributed by atoms with Crippen molar-refractivity contribution in [3.63, 3.8) is 0 Å². The lowest BCUT2D eigenvalue weighted by molar-refractivity contribution is 0.407. The molecule has 1 aromatic carbocycles. The lowest BCUT2D eigenvalue weighted by atomic mass is 10.2. The Labute approximate surface area is 128 Å². The molecular formula is C15H26N2O3S. The lowest BCUT2D eigenvalue weighted by Crippen LogP contribution is -2.28. The van der Waals surface area contributed by atoms with Crippen molar-refractivity contribution in [2.24, 2.45) is 0 Å². The summed E-state index contributed by atoms with van der Waals surface area (Å²) >= 11 is 0. The van der Waals surface area contributed by atoms with Crippen LogP contribution in [0.25, 0.3) is 0 Å². The van der Waals surface area contributed by atoms with Gasteiger partial charge < -0.3 is 10.1 Å². The van der Waals surface area contributed by atoms with E-state index in [1.807, 2.05) is 13.8 Å². The van der Waals surface area contributed by atoms with Gasteiger partial charge in [-0.1, -0.05) is 20.3 Å². The van der Waals surface area contributed by atoms with Gasteiger partial charge in [0.1, 0.15) is 5.75 Å². The molecule has 0 fully saturated rings. The minimum atomic E-state index is -3.43. The SMILES string of the molecule is CCCCN(C)S(=O)(=O)c1ccc(OC)c(CNCC)c1. The molecule has 0 atom stereocenters. The highest BCUT2D eigenvalue weighted by Crippen LogP contribution is 2.24. The van der Waals surface area contributed by atoms with Crippen LogP contribution in [-0.4, -0.2) is 40.0 Å². The van der Waals surface area contributed by atoms with Crippen LogP contribution in [0, 0.1) is 0 Å². The molecule has 0 bridgehead atoms. The smallest absolute Gasteiger partial charge is 0.242 e. The summed E-state index contributed by atoms with van der Waals surface area (Å²) < 4.78 is 31.8. The first-order chi connectivity index (χ1) is 9.97. The molecule has 0 aliphatic rings. The van der Waals surface area contributed by atoms with E-state index in [0.29, 0.717) is 23.7 Å². The van der Waals surface area contributed by atoms with Crippen molar-refractivity contribution in [3.8, 4) is 5.75 Å². The van der Waals surface area contributed by atoms with E-state index in [2.05, 4.69) is 5.32 Å². The number of hydrogen-bond acceptors (Lipinski definition) is 4. The molecule has 0 radical (unpaired) electrons. The van der Waals surface area contributed by atoms with Crippen LogP contribution in [0.4, 0.5) is 0 Å². The largest absolute Gasteiger partial charge is 0.496 e. The minimum absolute atomic E-state index is 0.315. The summed E-state index contributed by atoms with van der Waals surface area (Å²) in [5.74, 6) is 0.700. The standard InChI is InChI=1S/C15H26N2O3S/c1-5-7-10-17(3)21(18,19)14-8-9-15(20-4)13(11-14)12-16-6-2/h8-9,11,16H,5-7,10,12H2,1-4H3. The second-order valence-corrected chi connectivity index (χ2v) is 6.98. The number of benzene rings is 1. The molecule has 21 heavy (non-hydrogen) atoms. The lowest BCUT2D eigenvalue weighted by Gasteiger charge is -2.18. The maximum Gasteiger partial charge on any atom is 0.242 e. The normalized spacial score (nSPS) is 11.9. The number of nitrogens with one attached hydrogen (secondary N) is 1. The molecule has 6 heteroatoms. The molecule has 0 aliphatic heterocycles. The van der Waals surface area contributed by atoms with Crippen LogP contribution in [0.1, 0.15) is 32.3 Å². The number of ether oxygens (including phenoxy) is 1. The highest BCUT2D eigenvalue weighted by molar-refractivity contribution is 7.89. The predicted octanol–water partition coefficient (Wildman–Crippen LogP) is 2.23. The third kappa shape index (κ3) is 4.69. The van der Waals surface area contributed by atoms with Gasteiger partial charge >= 0.3 is 0 Å². The number of nitrogens with zero attached hydrogens (tertiary/aromatic N) is 1. The Balaban J connectivity index is 3.06. The molecule has 0 saturated heterocycles. The van der Waals surface area contributed by atoms with Crippen LogP contribution in [0.15, 0.2) is 23.1 Å². The second kappa shape index (κ2) is 8.36. The summed E-state index contributed by atoms with van der Waals surface area (Å²) in [7, 11) is -0.220. The Morgan fingerprint density at radius 2 is 2.00 bits per heavy atom. The summed E-state index contributed by atoms with van der Waals surface area (Å²) in [5, 5.41) is 3.19. The first-order valence-electron chi connectivity index (χ1n) is 7.31. The van der Waals surface area contributed by atoms with Crippen molar-refractivity contribution in [2.45, 2.75) is 38.1 Å². The molecular weight excluding hydrogens is 288 g/mol. The van der Waals surface area contributed by atoms with E-state index in [0.717, 1.165) is 24.9 Å². The van der Waals surface area contributed by atoms with E-state index < -0.39 is 10.0 Å². The van der Waals surface area contributed by atoms with Gasteiger partial charge in [0.15, 0.2) is 0 Å². The summed E-state index contributed by atoms with van der Waals surface area (Å²) in [6.07, 6.45) is 1.82. The third-order valence-electron chi connectivity index (χ3n) is 3.35. The van der Waals surface area contributed by atoms with Gasteiger partial charge in [0.25, 0.3) is 0 Å². The molecule has 120 valence electrons. The third-order valence-corrected chi connectivity index (χ3v) is 5.20. The number of unbranched alkanes of at least 4 members (excludes halogenated alkanes) is 1. The molecule has 5 nitrogen and oxygen atoms in total. The highest BCUT2D eigenvalue weighted by atomic mass is 32.2. The Bertz CT molecular complexity index is 544. The van der Waals surface area contributed by atoms with Crippen molar-refractivity contribution >= 4 is 10.0 Å². The minimum Gasteiger partial charge on any atom is -0.496 e. The van der Waals surface area contributed by atoms with Gasteiger partial charge in [-0.25, -0.2) is 12.7 Å². The highest BCUT2D eigenvalue weighted by Gasteiger charge is 2.21. The molecule has 0 saturated carbocycles. The molecule has 0 amide bonds. The first-order valence-corrected chi connectivity index (χ1v) is 8.75. The Morgan fingerprint density at radius 3 is 2.57 bits per heavy atom. The summed E-state index contributed by atoms with van der Waals surface area (Å²) in [4.78, 5) is 0.315. The van der Waals surface area contributed by atoms with Crippen LogP contribution in [0.2, 0.25) is 0 Å². The maximum absolute atomic E-state index is 12.5. The molecule has 0 unspecified atom stereocenters. The monoisotopic (exact) mass is 314 g/mol. The molecule has 1 rings (SSSR count). The van der Waals surface area contributed by atoms with E-state index in [-0.39, 0.29) is 0 Å². The zero-order valence-electron chi connectivity index (χ0n) is 13.3. The summed E-state index contributed by atoms with van der Waals surface area (Å²) in [5.41, 5.74) is 0.851. The van der Waals surface area contributed by atoms with Gasteiger partial charge in [-0.2, -0.15) is 0 Å². The van der Waals surface area contributed by atoms with E-state index in [4.69, 9.17) is 4.74 Å². The Hall–Kier alpha value is -1.11.